The fraction of sp³-hybridized carbons (Fsp3) is 0.778. The van der Waals surface area contributed by atoms with E-state index in [-0.39, 0.29) is 0 Å². The second-order valence-corrected chi connectivity index (χ2v) is 11.1. The van der Waals surface area contributed by atoms with Crippen molar-refractivity contribution >= 4 is 0 Å². The largest absolute Gasteiger partial charge is 0.390 e. The highest BCUT2D eigenvalue weighted by atomic mass is 16.3. The van der Waals surface area contributed by atoms with Crippen molar-refractivity contribution in [2.45, 2.75) is 110 Å². The molecule has 2 unspecified atom stereocenters. The molecule has 3 saturated carbocycles. The van der Waals surface area contributed by atoms with E-state index in [9.17, 15) is 5.11 Å². The van der Waals surface area contributed by atoms with Gasteiger partial charge < -0.3 is 5.11 Å². The van der Waals surface area contributed by atoms with Crippen LogP contribution in [0.25, 0.3) is 0 Å². The molecule has 0 heterocycles. The predicted molar refractivity (Wildman–Crippen MR) is 121 cm³/mol. The Morgan fingerprint density at radius 2 is 1.86 bits per heavy atom. The minimum absolute atomic E-state index is 0.498. The quantitative estimate of drug-likeness (QED) is 0.464. The van der Waals surface area contributed by atoms with E-state index >= 15 is 0 Å². The summed E-state index contributed by atoms with van der Waals surface area (Å²) in [5.41, 5.74) is 4.81. The number of rotatable bonds is 6. The van der Waals surface area contributed by atoms with Crippen molar-refractivity contribution in [1.82, 2.24) is 0 Å². The molecule has 1 N–H and O–H groups in total. The number of allylic oxidation sites excluding steroid dienone is 5. The van der Waals surface area contributed by atoms with Crippen LogP contribution in [0.3, 0.4) is 0 Å². The fourth-order valence-electron chi connectivity index (χ4n) is 6.59. The Hall–Kier alpha value is -0.820. The monoisotopic (exact) mass is 384 g/mol. The normalized spacial score (nSPS) is 33.8. The molecule has 4 atom stereocenters. The average molecular weight is 385 g/mol. The second kappa shape index (κ2) is 8.90. The summed E-state index contributed by atoms with van der Waals surface area (Å²) < 4.78 is 0. The number of hydrogen-bond acceptors (Lipinski definition) is 1. The van der Waals surface area contributed by atoms with Gasteiger partial charge in [-0.05, 0) is 101 Å². The van der Waals surface area contributed by atoms with Crippen molar-refractivity contribution in [3.05, 3.63) is 35.5 Å². The van der Waals surface area contributed by atoms with E-state index in [0.717, 1.165) is 30.6 Å². The molecule has 3 rings (SSSR count). The maximum atomic E-state index is 10.0. The molecular weight excluding hydrogens is 340 g/mol. The Morgan fingerprint density at radius 3 is 2.54 bits per heavy atom. The first-order chi connectivity index (χ1) is 13.2. The Labute approximate surface area is 174 Å². The summed E-state index contributed by atoms with van der Waals surface area (Å²) in [6, 6.07) is 0. The van der Waals surface area contributed by atoms with Gasteiger partial charge in [0.05, 0.1) is 5.60 Å². The van der Waals surface area contributed by atoms with E-state index in [1.165, 1.54) is 69.8 Å². The number of fused-ring (bicyclic) bond motifs is 1. The van der Waals surface area contributed by atoms with Gasteiger partial charge in [0, 0.05) is 0 Å². The molecule has 1 heteroatoms. The summed E-state index contributed by atoms with van der Waals surface area (Å²) in [5.74, 6) is 2.44. The smallest absolute Gasteiger partial charge is 0.0591 e. The predicted octanol–water partition coefficient (Wildman–Crippen LogP) is 7.76. The Balaban J connectivity index is 1.64. The minimum Gasteiger partial charge on any atom is -0.390 e. The second-order valence-electron chi connectivity index (χ2n) is 11.1. The van der Waals surface area contributed by atoms with Crippen LogP contribution in [-0.4, -0.2) is 10.7 Å². The summed E-state index contributed by atoms with van der Waals surface area (Å²) in [5, 5.41) is 10.0. The molecule has 0 radical (unpaired) electrons. The minimum atomic E-state index is -0.512. The Bertz CT molecular complexity index is 605. The standard InChI is InChI=1S/C27H44O/c1-20-10-12-22(13-11-20)14-15-23-9-7-19-27(5)24(16-17-25(23)27)21(2)8-6-18-26(3,4)28/h14-15,21,24-25,28H,1,6-13,16-19H2,2-5H3/b23-15+/t21-,24?,25?,27+/m0/s1. The van der Waals surface area contributed by atoms with E-state index < -0.39 is 5.60 Å². The van der Waals surface area contributed by atoms with Crippen molar-refractivity contribution in [2.24, 2.45) is 23.2 Å². The summed E-state index contributed by atoms with van der Waals surface area (Å²) in [7, 11) is 0. The summed E-state index contributed by atoms with van der Waals surface area (Å²) in [4.78, 5) is 0. The van der Waals surface area contributed by atoms with Crippen LogP contribution in [0.4, 0.5) is 0 Å². The third-order valence-electron chi connectivity index (χ3n) is 8.31. The maximum Gasteiger partial charge on any atom is 0.0591 e. The average Bonchev–Trinajstić information content (AvgIpc) is 2.97. The van der Waals surface area contributed by atoms with Crippen LogP contribution in [0.15, 0.2) is 35.5 Å². The lowest BCUT2D eigenvalue weighted by Crippen LogP contribution is -2.36. The van der Waals surface area contributed by atoms with Crippen LogP contribution in [0, 0.1) is 23.2 Å². The van der Waals surface area contributed by atoms with E-state index in [2.05, 4.69) is 32.6 Å². The third kappa shape index (κ3) is 5.21. The number of aliphatic hydroxyl groups is 1. The topological polar surface area (TPSA) is 20.2 Å². The van der Waals surface area contributed by atoms with Gasteiger partial charge in [-0.15, -0.1) is 0 Å². The fourth-order valence-corrected chi connectivity index (χ4v) is 6.59. The number of hydrogen-bond donors (Lipinski definition) is 1. The molecule has 1 nitrogen and oxygen atoms in total. The SMILES string of the molecule is C=C1CCC(=C/C=C2\CCC[C@@]3(C)C2CCC3[C@@H](C)CCCC(C)(C)O)CC1. The van der Waals surface area contributed by atoms with Gasteiger partial charge in [-0.2, -0.15) is 0 Å². The molecule has 0 spiro atoms. The first-order valence-corrected chi connectivity index (χ1v) is 12.0. The van der Waals surface area contributed by atoms with E-state index in [0.29, 0.717) is 5.41 Å². The zero-order valence-electron chi connectivity index (χ0n) is 19.0. The molecule has 3 aliphatic rings. The molecule has 3 fully saturated rings. The van der Waals surface area contributed by atoms with Gasteiger partial charge >= 0.3 is 0 Å². The third-order valence-corrected chi connectivity index (χ3v) is 8.31. The van der Waals surface area contributed by atoms with Crippen LogP contribution in [-0.2, 0) is 0 Å². The molecule has 0 aromatic heterocycles. The van der Waals surface area contributed by atoms with E-state index in [4.69, 9.17) is 0 Å². The van der Waals surface area contributed by atoms with Crippen LogP contribution in [0.1, 0.15) is 105 Å². The molecule has 0 saturated heterocycles. The van der Waals surface area contributed by atoms with Crippen LogP contribution in [0.5, 0.6) is 0 Å². The molecule has 0 amide bonds. The first-order valence-electron chi connectivity index (χ1n) is 12.0. The molecule has 0 aromatic carbocycles. The van der Waals surface area contributed by atoms with Crippen LogP contribution in [0.2, 0.25) is 0 Å². The van der Waals surface area contributed by atoms with Gasteiger partial charge in [-0.1, -0.05) is 62.1 Å². The van der Waals surface area contributed by atoms with Crippen molar-refractivity contribution in [3.8, 4) is 0 Å². The molecule has 28 heavy (non-hydrogen) atoms. The maximum absolute atomic E-state index is 10.0. The van der Waals surface area contributed by atoms with Gasteiger partial charge in [0.15, 0.2) is 0 Å². The summed E-state index contributed by atoms with van der Waals surface area (Å²) >= 11 is 0. The van der Waals surface area contributed by atoms with Gasteiger partial charge in [-0.3, -0.25) is 0 Å². The molecule has 3 aliphatic carbocycles. The summed E-state index contributed by atoms with van der Waals surface area (Å²) in [6.07, 6.45) is 20.1. The highest BCUT2D eigenvalue weighted by Gasteiger charge is 2.50. The molecular formula is C27H44O. The zero-order valence-corrected chi connectivity index (χ0v) is 19.0. The molecule has 158 valence electrons. The van der Waals surface area contributed by atoms with Gasteiger partial charge in [0.2, 0.25) is 0 Å². The lowest BCUT2D eigenvalue weighted by molar-refractivity contribution is 0.0597. The van der Waals surface area contributed by atoms with Crippen molar-refractivity contribution < 1.29 is 5.11 Å². The van der Waals surface area contributed by atoms with E-state index in [1.807, 2.05) is 13.8 Å². The lowest BCUT2D eigenvalue weighted by Gasteiger charge is -2.44. The van der Waals surface area contributed by atoms with Gasteiger partial charge in [0.1, 0.15) is 0 Å². The van der Waals surface area contributed by atoms with Crippen LogP contribution >= 0.6 is 0 Å². The highest BCUT2D eigenvalue weighted by molar-refractivity contribution is 5.26. The Kier molecular flexibility index (Phi) is 6.96. The van der Waals surface area contributed by atoms with Gasteiger partial charge in [0.25, 0.3) is 0 Å². The lowest BCUT2D eigenvalue weighted by atomic mass is 9.60. The van der Waals surface area contributed by atoms with Crippen molar-refractivity contribution in [2.75, 3.05) is 0 Å². The first kappa shape index (κ1) is 21.9. The molecule has 0 bridgehead atoms. The molecule has 0 aromatic rings. The Morgan fingerprint density at radius 1 is 1.14 bits per heavy atom. The highest BCUT2D eigenvalue weighted by Crippen LogP contribution is 2.59. The summed E-state index contributed by atoms with van der Waals surface area (Å²) in [6.45, 7) is 13.1. The van der Waals surface area contributed by atoms with Crippen molar-refractivity contribution in [1.29, 1.82) is 0 Å². The molecule has 0 aliphatic heterocycles. The zero-order chi connectivity index (χ0) is 20.4. The van der Waals surface area contributed by atoms with Crippen LogP contribution < -0.4 is 0 Å². The van der Waals surface area contributed by atoms with E-state index in [1.54, 1.807) is 11.1 Å². The van der Waals surface area contributed by atoms with Crippen molar-refractivity contribution in [3.63, 3.8) is 0 Å². The van der Waals surface area contributed by atoms with Gasteiger partial charge in [-0.25, -0.2) is 0 Å².